The summed E-state index contributed by atoms with van der Waals surface area (Å²) < 4.78 is 35.9. The van der Waals surface area contributed by atoms with Gasteiger partial charge >= 0.3 is 6.29 Å². The van der Waals surface area contributed by atoms with Gasteiger partial charge in [0.05, 0.1) is 11.1 Å². The second-order valence-electron chi connectivity index (χ2n) is 8.89. The van der Waals surface area contributed by atoms with Crippen LogP contribution >= 0.6 is 0 Å². The Morgan fingerprint density at radius 3 is 2.47 bits per heavy atom. The molecule has 0 radical (unpaired) electrons. The summed E-state index contributed by atoms with van der Waals surface area (Å²) in [6, 6.07) is 20.6. The first kappa shape index (κ1) is 22.0. The van der Waals surface area contributed by atoms with Crippen LogP contribution in [0.3, 0.4) is 0 Å². The van der Waals surface area contributed by atoms with E-state index in [1.165, 1.54) is 12.1 Å². The summed E-state index contributed by atoms with van der Waals surface area (Å²) in [6.45, 7) is 0. The van der Waals surface area contributed by atoms with Crippen molar-refractivity contribution in [3.63, 3.8) is 0 Å². The number of nitrogens with zero attached hydrogens (tertiary/aromatic N) is 1. The van der Waals surface area contributed by atoms with Gasteiger partial charge in [0.15, 0.2) is 11.5 Å². The number of carbonyl (C=O) groups excluding carboxylic acids is 2. The highest BCUT2D eigenvalue weighted by molar-refractivity contribution is 6.04. The molecule has 180 valence electrons. The van der Waals surface area contributed by atoms with E-state index in [4.69, 9.17) is 10.7 Å². The molecule has 2 amide bonds. The quantitative estimate of drug-likeness (QED) is 0.413. The lowest BCUT2D eigenvalue weighted by Gasteiger charge is -2.17. The zero-order chi connectivity index (χ0) is 25.1. The van der Waals surface area contributed by atoms with Gasteiger partial charge in [0, 0.05) is 16.5 Å². The molecular weight excluding hydrogens is 468 g/mol. The summed E-state index contributed by atoms with van der Waals surface area (Å²) in [5.74, 6) is -0.691. The highest BCUT2D eigenvalue weighted by Crippen LogP contribution is 2.52. The maximum Gasteiger partial charge on any atom is 0.586 e. The Labute approximate surface area is 203 Å². The summed E-state index contributed by atoms with van der Waals surface area (Å²) in [5.41, 5.74) is 6.75. The molecule has 1 fully saturated rings. The van der Waals surface area contributed by atoms with Crippen LogP contribution in [0.15, 0.2) is 72.8 Å². The number of nitrogens with two attached hydrogens (primary N) is 1. The minimum atomic E-state index is -3.73. The number of fused-ring (bicyclic) bond motifs is 2. The first-order chi connectivity index (χ1) is 17.2. The minimum Gasteiger partial charge on any atom is -0.395 e. The van der Waals surface area contributed by atoms with Crippen molar-refractivity contribution in [2.75, 3.05) is 5.32 Å². The van der Waals surface area contributed by atoms with Crippen molar-refractivity contribution in [1.29, 1.82) is 0 Å². The van der Waals surface area contributed by atoms with Gasteiger partial charge in [-0.05, 0) is 54.1 Å². The van der Waals surface area contributed by atoms with E-state index in [9.17, 15) is 18.4 Å². The van der Waals surface area contributed by atoms with Gasteiger partial charge in [-0.25, -0.2) is 4.98 Å². The van der Waals surface area contributed by atoms with Crippen molar-refractivity contribution in [3.05, 3.63) is 83.9 Å². The summed E-state index contributed by atoms with van der Waals surface area (Å²) >= 11 is 0. The van der Waals surface area contributed by atoms with Crippen molar-refractivity contribution >= 4 is 28.4 Å². The molecule has 9 heteroatoms. The van der Waals surface area contributed by atoms with Gasteiger partial charge in [-0.3, -0.25) is 9.59 Å². The van der Waals surface area contributed by atoms with Gasteiger partial charge in [-0.1, -0.05) is 42.5 Å². The number of primary amides is 1. The first-order valence-corrected chi connectivity index (χ1v) is 11.3. The number of pyridine rings is 1. The van der Waals surface area contributed by atoms with Crippen LogP contribution in [0, 0.1) is 0 Å². The van der Waals surface area contributed by atoms with Crippen LogP contribution in [0.25, 0.3) is 22.0 Å². The number of hydrogen-bond acceptors (Lipinski definition) is 5. The minimum absolute atomic E-state index is 0.0704. The molecule has 4 aromatic rings. The molecule has 1 aliphatic carbocycles. The maximum atomic E-state index is 13.4. The van der Waals surface area contributed by atoms with Crippen LogP contribution in [0.5, 0.6) is 11.5 Å². The average Bonchev–Trinajstić information content (AvgIpc) is 3.60. The number of amides is 2. The number of ether oxygens (including phenoxy) is 2. The van der Waals surface area contributed by atoms with Gasteiger partial charge in [0.1, 0.15) is 5.82 Å². The second-order valence-corrected chi connectivity index (χ2v) is 8.89. The van der Waals surface area contributed by atoms with E-state index in [1.54, 1.807) is 30.3 Å². The number of nitrogens with one attached hydrogen (secondary N) is 1. The van der Waals surface area contributed by atoms with Gasteiger partial charge in [0.2, 0.25) is 11.8 Å². The maximum absolute atomic E-state index is 13.4. The molecule has 0 saturated heterocycles. The normalized spacial score (nSPS) is 16.5. The summed E-state index contributed by atoms with van der Waals surface area (Å²) in [5, 5.41) is 4.59. The fourth-order valence-corrected chi connectivity index (χ4v) is 4.56. The zero-order valence-electron chi connectivity index (χ0n) is 18.8. The zero-order valence-corrected chi connectivity index (χ0v) is 18.8. The van der Waals surface area contributed by atoms with Crippen LogP contribution in [0.1, 0.15) is 28.8 Å². The molecule has 36 heavy (non-hydrogen) atoms. The Morgan fingerprint density at radius 1 is 0.917 bits per heavy atom. The molecule has 1 aromatic heterocycles. The van der Waals surface area contributed by atoms with E-state index < -0.39 is 17.6 Å². The predicted molar refractivity (Wildman–Crippen MR) is 128 cm³/mol. The molecule has 6 rings (SSSR count). The van der Waals surface area contributed by atoms with Crippen LogP contribution < -0.4 is 20.5 Å². The fraction of sp³-hybridized carbons (Fsp3) is 0.148. The van der Waals surface area contributed by atoms with Gasteiger partial charge in [-0.2, -0.15) is 0 Å². The smallest absolute Gasteiger partial charge is 0.395 e. The van der Waals surface area contributed by atoms with E-state index in [0.29, 0.717) is 41.0 Å². The number of aromatic nitrogens is 1. The summed E-state index contributed by atoms with van der Waals surface area (Å²) in [7, 11) is 0. The van der Waals surface area contributed by atoms with E-state index in [0.717, 1.165) is 10.8 Å². The summed E-state index contributed by atoms with van der Waals surface area (Å²) in [4.78, 5) is 29.8. The van der Waals surface area contributed by atoms with Gasteiger partial charge in [-0.15, -0.1) is 8.78 Å². The van der Waals surface area contributed by atoms with Crippen molar-refractivity contribution in [2.45, 2.75) is 24.6 Å². The largest absolute Gasteiger partial charge is 0.586 e. The third-order valence-electron chi connectivity index (χ3n) is 6.54. The lowest BCUT2D eigenvalue weighted by molar-refractivity contribution is -0.286. The number of anilines is 1. The van der Waals surface area contributed by atoms with Gasteiger partial charge in [0.25, 0.3) is 0 Å². The Morgan fingerprint density at radius 2 is 1.69 bits per heavy atom. The van der Waals surface area contributed by atoms with E-state index in [2.05, 4.69) is 14.8 Å². The SMILES string of the molecule is NC(=O)c1cccc(-c2nc(NC(=O)C3(c4ccc5c(c4)OC(F)(F)O5)CC3)cc3ccccc23)c1. The Balaban J connectivity index is 1.35. The molecule has 0 unspecified atom stereocenters. The van der Waals surface area contributed by atoms with Crippen LogP contribution in [-0.2, 0) is 10.2 Å². The van der Waals surface area contributed by atoms with E-state index in [-0.39, 0.29) is 17.4 Å². The highest BCUT2D eigenvalue weighted by atomic mass is 19.3. The molecule has 2 aliphatic rings. The lowest BCUT2D eigenvalue weighted by atomic mass is 9.94. The van der Waals surface area contributed by atoms with Crippen molar-refractivity contribution in [3.8, 4) is 22.8 Å². The monoisotopic (exact) mass is 487 g/mol. The van der Waals surface area contributed by atoms with Crippen molar-refractivity contribution in [2.24, 2.45) is 5.73 Å². The van der Waals surface area contributed by atoms with E-state index >= 15 is 0 Å². The molecule has 0 spiro atoms. The molecule has 3 N–H and O–H groups in total. The molecule has 0 bridgehead atoms. The second kappa shape index (κ2) is 7.74. The number of halogens is 2. The van der Waals surface area contributed by atoms with E-state index in [1.807, 2.05) is 30.3 Å². The molecule has 1 aliphatic heterocycles. The van der Waals surface area contributed by atoms with Gasteiger partial charge < -0.3 is 20.5 Å². The predicted octanol–water partition coefficient (Wildman–Crippen LogP) is 4.99. The molecular formula is C27H19F2N3O4. The topological polar surface area (TPSA) is 104 Å². The Bertz CT molecular complexity index is 1570. The lowest BCUT2D eigenvalue weighted by Crippen LogP contribution is -2.28. The number of carbonyl (C=O) groups is 2. The molecule has 2 heterocycles. The molecule has 7 nitrogen and oxygen atoms in total. The first-order valence-electron chi connectivity index (χ1n) is 11.3. The Kier molecular flexibility index (Phi) is 4.72. The van der Waals surface area contributed by atoms with Crippen molar-refractivity contribution < 1.29 is 27.8 Å². The molecule has 0 atom stereocenters. The standard InChI is InChI=1S/C27H19F2N3O4/c28-27(29)35-20-9-8-18(14-21(20)36-27)26(10-11-26)25(34)32-22-13-15-4-1-2-7-19(15)23(31-22)16-5-3-6-17(12-16)24(30)33/h1-9,12-14H,10-11H2,(H2,30,33)(H,31,32,34). The Hall–Kier alpha value is -4.53. The summed E-state index contributed by atoms with van der Waals surface area (Å²) in [6.07, 6.45) is -2.62. The molecule has 3 aromatic carbocycles. The fourth-order valence-electron chi connectivity index (χ4n) is 4.56. The van der Waals surface area contributed by atoms with Crippen LogP contribution in [0.4, 0.5) is 14.6 Å². The van der Waals surface area contributed by atoms with Crippen LogP contribution in [-0.4, -0.2) is 23.1 Å². The highest BCUT2D eigenvalue weighted by Gasteiger charge is 2.53. The average molecular weight is 487 g/mol. The van der Waals surface area contributed by atoms with Crippen molar-refractivity contribution in [1.82, 2.24) is 4.98 Å². The third-order valence-corrected chi connectivity index (χ3v) is 6.54. The number of hydrogen-bond donors (Lipinski definition) is 2. The third kappa shape index (κ3) is 3.69. The number of benzene rings is 3. The number of alkyl halides is 2. The molecule has 1 saturated carbocycles. The van der Waals surface area contributed by atoms with Crippen LogP contribution in [0.2, 0.25) is 0 Å². The number of rotatable bonds is 5.